The molecule has 1 aliphatic heterocycles. The van der Waals surface area contributed by atoms with E-state index in [2.05, 4.69) is 25.7 Å². The standard InChI is InChI=1S/C32H41NO3/c1-31(2,3)28-17-16-24(23-30(28)35)29(34)15-10-20-33-21-18-27(19-22-33)32(36,25-11-6-4-7-12-25)26-13-8-5-9-14-26/h4-9,11-14,16-17,23,27,29,34-36H,10,15,18-22H2,1-3H3. The predicted octanol–water partition coefficient (Wildman–Crippen LogP) is 6.15. The fraction of sp³-hybridized carbons (Fsp3) is 0.438. The van der Waals surface area contributed by atoms with Gasteiger partial charge in [0.1, 0.15) is 11.4 Å². The second kappa shape index (κ2) is 11.2. The van der Waals surface area contributed by atoms with Crippen molar-refractivity contribution in [1.29, 1.82) is 0 Å². The van der Waals surface area contributed by atoms with E-state index in [1.165, 1.54) is 0 Å². The van der Waals surface area contributed by atoms with Crippen LogP contribution in [0.2, 0.25) is 0 Å². The van der Waals surface area contributed by atoms with Crippen LogP contribution in [0, 0.1) is 5.92 Å². The maximum Gasteiger partial charge on any atom is 0.119 e. The largest absolute Gasteiger partial charge is 0.508 e. The Morgan fingerprint density at radius 2 is 1.42 bits per heavy atom. The zero-order valence-electron chi connectivity index (χ0n) is 21.9. The summed E-state index contributed by atoms with van der Waals surface area (Å²) in [5, 5.41) is 33.2. The number of nitrogens with zero attached hydrogens (tertiary/aromatic N) is 1. The molecule has 3 aromatic rings. The first-order valence-electron chi connectivity index (χ1n) is 13.3. The fourth-order valence-electron chi connectivity index (χ4n) is 5.66. The fourth-order valence-corrected chi connectivity index (χ4v) is 5.66. The van der Waals surface area contributed by atoms with Crippen molar-refractivity contribution in [2.45, 2.75) is 63.6 Å². The number of likely N-dealkylation sites (tertiary alicyclic amines) is 1. The zero-order chi connectivity index (χ0) is 25.8. The number of piperidine rings is 1. The SMILES string of the molecule is CC(C)(C)c1ccc(C(O)CCCN2CCC(C(O)(c3ccccc3)c3ccccc3)CC2)cc1O. The molecule has 0 amide bonds. The monoisotopic (exact) mass is 487 g/mol. The van der Waals surface area contributed by atoms with E-state index in [-0.39, 0.29) is 17.1 Å². The molecule has 1 fully saturated rings. The highest BCUT2D eigenvalue weighted by atomic mass is 16.3. The van der Waals surface area contributed by atoms with E-state index in [1.54, 1.807) is 6.07 Å². The number of phenolic OH excluding ortho intramolecular Hbond substituents is 1. The summed E-state index contributed by atoms with van der Waals surface area (Å²) in [6, 6.07) is 25.7. The molecule has 4 nitrogen and oxygen atoms in total. The van der Waals surface area contributed by atoms with Crippen LogP contribution in [0.3, 0.4) is 0 Å². The summed E-state index contributed by atoms with van der Waals surface area (Å²) < 4.78 is 0. The molecule has 4 rings (SSSR count). The maximum atomic E-state index is 12.1. The van der Waals surface area contributed by atoms with Gasteiger partial charge in [-0.05, 0) is 85.0 Å². The van der Waals surface area contributed by atoms with Crippen LogP contribution in [0.25, 0.3) is 0 Å². The van der Waals surface area contributed by atoms with Crippen molar-refractivity contribution in [3.8, 4) is 5.75 Å². The molecule has 0 radical (unpaired) electrons. The van der Waals surface area contributed by atoms with Gasteiger partial charge in [-0.15, -0.1) is 0 Å². The molecule has 0 aliphatic carbocycles. The van der Waals surface area contributed by atoms with Crippen LogP contribution >= 0.6 is 0 Å². The first-order valence-corrected chi connectivity index (χ1v) is 13.3. The van der Waals surface area contributed by atoms with Crippen molar-refractivity contribution < 1.29 is 15.3 Å². The Hall–Kier alpha value is -2.66. The van der Waals surface area contributed by atoms with Crippen molar-refractivity contribution in [3.05, 3.63) is 101 Å². The van der Waals surface area contributed by atoms with Crippen LogP contribution in [0.1, 0.15) is 74.8 Å². The van der Waals surface area contributed by atoms with E-state index >= 15 is 0 Å². The minimum Gasteiger partial charge on any atom is -0.508 e. The van der Waals surface area contributed by atoms with Crippen LogP contribution in [-0.4, -0.2) is 39.9 Å². The highest BCUT2D eigenvalue weighted by molar-refractivity contribution is 5.41. The maximum absolute atomic E-state index is 12.1. The van der Waals surface area contributed by atoms with E-state index < -0.39 is 11.7 Å². The van der Waals surface area contributed by atoms with E-state index in [9.17, 15) is 15.3 Å². The van der Waals surface area contributed by atoms with Crippen LogP contribution in [-0.2, 0) is 11.0 Å². The third kappa shape index (κ3) is 5.83. The van der Waals surface area contributed by atoms with Crippen LogP contribution < -0.4 is 0 Å². The average molecular weight is 488 g/mol. The molecule has 192 valence electrons. The van der Waals surface area contributed by atoms with Gasteiger partial charge < -0.3 is 20.2 Å². The molecule has 1 atom stereocenters. The minimum atomic E-state index is -0.994. The number of benzene rings is 3. The number of hydrogen-bond donors (Lipinski definition) is 3. The first kappa shape index (κ1) is 26.4. The van der Waals surface area contributed by atoms with Crippen molar-refractivity contribution >= 4 is 0 Å². The second-order valence-corrected chi connectivity index (χ2v) is 11.3. The van der Waals surface area contributed by atoms with Gasteiger partial charge in [0, 0.05) is 0 Å². The molecule has 0 aromatic heterocycles. The van der Waals surface area contributed by atoms with E-state index in [4.69, 9.17) is 0 Å². The molecule has 4 heteroatoms. The Bertz CT molecular complexity index is 1060. The lowest BCUT2D eigenvalue weighted by Gasteiger charge is -2.42. The minimum absolute atomic E-state index is 0.132. The third-order valence-corrected chi connectivity index (χ3v) is 7.77. The number of hydrogen-bond acceptors (Lipinski definition) is 4. The molecule has 1 unspecified atom stereocenters. The topological polar surface area (TPSA) is 63.9 Å². The van der Waals surface area contributed by atoms with Gasteiger partial charge in [0.15, 0.2) is 0 Å². The Morgan fingerprint density at radius 3 is 1.92 bits per heavy atom. The Balaban J connectivity index is 1.33. The number of rotatable bonds is 8. The Labute approximate surface area is 216 Å². The second-order valence-electron chi connectivity index (χ2n) is 11.3. The summed E-state index contributed by atoms with van der Waals surface area (Å²) in [6.07, 6.45) is 2.81. The molecule has 1 saturated heterocycles. The molecule has 0 bridgehead atoms. The number of aliphatic hydroxyl groups excluding tert-OH is 1. The highest BCUT2D eigenvalue weighted by Gasteiger charge is 2.41. The van der Waals surface area contributed by atoms with Gasteiger partial charge in [-0.1, -0.05) is 93.6 Å². The van der Waals surface area contributed by atoms with Gasteiger partial charge in [-0.2, -0.15) is 0 Å². The Kier molecular flexibility index (Phi) is 8.19. The van der Waals surface area contributed by atoms with Gasteiger partial charge in [-0.25, -0.2) is 0 Å². The van der Waals surface area contributed by atoms with Crippen molar-refractivity contribution in [1.82, 2.24) is 4.90 Å². The van der Waals surface area contributed by atoms with E-state index in [0.29, 0.717) is 6.42 Å². The first-order chi connectivity index (χ1) is 17.2. The molecule has 3 aromatic carbocycles. The van der Waals surface area contributed by atoms with Crippen molar-refractivity contribution in [3.63, 3.8) is 0 Å². The lowest BCUT2D eigenvalue weighted by atomic mass is 9.72. The summed E-state index contributed by atoms with van der Waals surface area (Å²) >= 11 is 0. The summed E-state index contributed by atoms with van der Waals surface area (Å²) in [6.45, 7) is 9.00. The van der Waals surface area contributed by atoms with Gasteiger partial charge in [0.2, 0.25) is 0 Å². The summed E-state index contributed by atoms with van der Waals surface area (Å²) in [5.41, 5.74) is 2.46. The van der Waals surface area contributed by atoms with Gasteiger partial charge in [0.25, 0.3) is 0 Å². The van der Waals surface area contributed by atoms with Crippen molar-refractivity contribution in [2.75, 3.05) is 19.6 Å². The smallest absolute Gasteiger partial charge is 0.119 e. The number of phenols is 1. The molecular weight excluding hydrogens is 446 g/mol. The highest BCUT2D eigenvalue weighted by Crippen LogP contribution is 2.42. The quantitative estimate of drug-likeness (QED) is 0.356. The van der Waals surface area contributed by atoms with E-state index in [1.807, 2.05) is 72.8 Å². The lowest BCUT2D eigenvalue weighted by Crippen LogP contribution is -2.44. The molecule has 0 spiro atoms. The molecule has 36 heavy (non-hydrogen) atoms. The molecule has 3 N–H and O–H groups in total. The third-order valence-electron chi connectivity index (χ3n) is 7.77. The molecule has 1 heterocycles. The van der Waals surface area contributed by atoms with Gasteiger partial charge >= 0.3 is 0 Å². The average Bonchev–Trinajstić information content (AvgIpc) is 2.89. The van der Waals surface area contributed by atoms with Crippen LogP contribution in [0.5, 0.6) is 5.75 Å². The molecule has 0 saturated carbocycles. The molecular formula is C32H41NO3. The summed E-state index contributed by atoms with van der Waals surface area (Å²) in [5.74, 6) is 0.402. The van der Waals surface area contributed by atoms with Gasteiger partial charge in [0.05, 0.1) is 6.10 Å². The summed E-state index contributed by atoms with van der Waals surface area (Å²) in [7, 11) is 0. The normalized spacial score (nSPS) is 16.7. The molecule has 1 aliphatic rings. The zero-order valence-corrected chi connectivity index (χ0v) is 21.9. The van der Waals surface area contributed by atoms with E-state index in [0.717, 1.165) is 61.2 Å². The predicted molar refractivity (Wildman–Crippen MR) is 146 cm³/mol. The number of aliphatic hydroxyl groups is 2. The van der Waals surface area contributed by atoms with Crippen molar-refractivity contribution in [2.24, 2.45) is 5.92 Å². The Morgan fingerprint density at radius 1 is 0.861 bits per heavy atom. The number of aromatic hydroxyl groups is 1. The summed E-state index contributed by atoms with van der Waals surface area (Å²) in [4.78, 5) is 2.44. The lowest BCUT2D eigenvalue weighted by molar-refractivity contribution is -0.0146. The van der Waals surface area contributed by atoms with Crippen LogP contribution in [0.4, 0.5) is 0 Å². The van der Waals surface area contributed by atoms with Crippen LogP contribution in [0.15, 0.2) is 78.9 Å². The van der Waals surface area contributed by atoms with Gasteiger partial charge in [-0.3, -0.25) is 0 Å².